The Bertz CT molecular complexity index is 904. The molecule has 1 N–H and O–H groups in total. The van der Waals surface area contributed by atoms with Gasteiger partial charge in [-0.1, -0.05) is 48.5 Å². The second-order valence-corrected chi connectivity index (χ2v) is 8.68. The van der Waals surface area contributed by atoms with E-state index in [0.717, 1.165) is 18.4 Å². The summed E-state index contributed by atoms with van der Waals surface area (Å²) in [6.45, 7) is 0.991. The summed E-state index contributed by atoms with van der Waals surface area (Å²) < 4.78 is 0. The van der Waals surface area contributed by atoms with Crippen molar-refractivity contribution in [3.8, 4) is 0 Å². The molecule has 0 bridgehead atoms. The molecule has 2 atom stereocenters. The molecule has 3 aliphatic rings. The lowest BCUT2D eigenvalue weighted by molar-refractivity contribution is -0.193. The lowest BCUT2D eigenvalue weighted by Gasteiger charge is -2.70. The molecule has 3 fully saturated rings. The van der Waals surface area contributed by atoms with Crippen LogP contribution in [0.25, 0.3) is 0 Å². The molecule has 0 radical (unpaired) electrons. The van der Waals surface area contributed by atoms with Gasteiger partial charge in [0.1, 0.15) is 0 Å². The monoisotopic (exact) mass is 390 g/mol. The molecule has 2 heterocycles. The van der Waals surface area contributed by atoms with Crippen LogP contribution in [0, 0.1) is 5.92 Å². The average Bonchev–Trinajstić information content (AvgIpc) is 3.51. The van der Waals surface area contributed by atoms with Crippen molar-refractivity contribution in [1.82, 2.24) is 9.80 Å². The van der Waals surface area contributed by atoms with Gasteiger partial charge in [0.15, 0.2) is 0 Å². The number of carbonyl (C=O) groups is 2. The zero-order chi connectivity index (χ0) is 20.0. The third-order valence-electron chi connectivity index (χ3n) is 6.79. The van der Waals surface area contributed by atoms with Gasteiger partial charge in [-0.15, -0.1) is 0 Å². The van der Waals surface area contributed by atoms with Crippen molar-refractivity contribution in [2.24, 2.45) is 5.92 Å². The van der Waals surface area contributed by atoms with Gasteiger partial charge in [-0.05, 0) is 36.5 Å². The van der Waals surface area contributed by atoms with E-state index in [-0.39, 0.29) is 30.4 Å². The van der Waals surface area contributed by atoms with E-state index in [1.807, 2.05) is 58.3 Å². The van der Waals surface area contributed by atoms with Gasteiger partial charge in [0.05, 0.1) is 18.2 Å². The highest BCUT2D eigenvalue weighted by Crippen LogP contribution is 2.54. The minimum Gasteiger partial charge on any atom is -0.394 e. The quantitative estimate of drug-likeness (QED) is 0.854. The molecule has 5 heteroatoms. The van der Waals surface area contributed by atoms with Crippen molar-refractivity contribution < 1.29 is 14.7 Å². The summed E-state index contributed by atoms with van der Waals surface area (Å²) >= 11 is 0. The summed E-state index contributed by atoms with van der Waals surface area (Å²) in [5, 5.41) is 10.1. The van der Waals surface area contributed by atoms with Crippen molar-refractivity contribution in [1.29, 1.82) is 0 Å². The summed E-state index contributed by atoms with van der Waals surface area (Å²) in [4.78, 5) is 29.7. The Morgan fingerprint density at radius 3 is 2.17 bits per heavy atom. The Morgan fingerprint density at radius 1 is 0.966 bits per heavy atom. The number of nitrogens with zero attached hydrogens (tertiary/aromatic N) is 2. The first-order chi connectivity index (χ1) is 14.1. The number of hydrogen-bond donors (Lipinski definition) is 1. The minimum atomic E-state index is -0.398. The van der Waals surface area contributed by atoms with Gasteiger partial charge in [-0.2, -0.15) is 0 Å². The number of amides is 2. The normalized spacial score (nSPS) is 24.7. The number of likely N-dealkylation sites (tertiary alicyclic amines) is 2. The molecule has 2 saturated heterocycles. The third-order valence-corrected chi connectivity index (χ3v) is 6.79. The molecule has 1 saturated carbocycles. The third kappa shape index (κ3) is 2.96. The highest BCUT2D eigenvalue weighted by atomic mass is 16.3. The van der Waals surface area contributed by atoms with Crippen molar-refractivity contribution in [3.05, 3.63) is 71.8 Å². The number of hydrogen-bond acceptors (Lipinski definition) is 3. The Kier molecular flexibility index (Phi) is 4.43. The standard InChI is InChI=1S/C24H26N2O3/c27-14-20-22(18-7-3-1-4-8-18)24(26(20)21(28)13-17-11-12-17)15-25(16-24)23(29)19-9-5-2-6-10-19/h1-10,17,20,22,27H,11-16H2/t20-,22-/m1/s1. The van der Waals surface area contributed by atoms with E-state index in [1.165, 1.54) is 0 Å². The van der Waals surface area contributed by atoms with E-state index in [0.29, 0.717) is 31.0 Å². The highest BCUT2D eigenvalue weighted by Gasteiger charge is 2.68. The minimum absolute atomic E-state index is 0.00470. The topological polar surface area (TPSA) is 60.9 Å². The molecule has 1 aliphatic carbocycles. The molecule has 1 spiro atoms. The average molecular weight is 390 g/mol. The van der Waals surface area contributed by atoms with Gasteiger partial charge in [-0.3, -0.25) is 9.59 Å². The Balaban J connectivity index is 1.42. The van der Waals surface area contributed by atoms with Crippen LogP contribution >= 0.6 is 0 Å². The summed E-state index contributed by atoms with van der Waals surface area (Å²) in [7, 11) is 0. The highest BCUT2D eigenvalue weighted by molar-refractivity contribution is 5.95. The summed E-state index contributed by atoms with van der Waals surface area (Å²) in [5.41, 5.74) is 1.41. The Labute approximate surface area is 170 Å². The molecule has 5 rings (SSSR count). The van der Waals surface area contributed by atoms with E-state index in [1.54, 1.807) is 0 Å². The lowest BCUT2D eigenvalue weighted by atomic mass is 9.60. The molecule has 0 aromatic heterocycles. The maximum absolute atomic E-state index is 13.1. The smallest absolute Gasteiger partial charge is 0.254 e. The molecule has 5 nitrogen and oxygen atoms in total. The zero-order valence-electron chi connectivity index (χ0n) is 16.4. The van der Waals surface area contributed by atoms with E-state index in [9.17, 15) is 14.7 Å². The number of carbonyl (C=O) groups excluding carboxylic acids is 2. The van der Waals surface area contributed by atoms with Crippen LogP contribution in [0.5, 0.6) is 0 Å². The van der Waals surface area contributed by atoms with E-state index < -0.39 is 5.54 Å². The van der Waals surface area contributed by atoms with Crippen LogP contribution in [0.1, 0.15) is 41.1 Å². The molecule has 2 aromatic rings. The van der Waals surface area contributed by atoms with Crippen LogP contribution < -0.4 is 0 Å². The first-order valence-electron chi connectivity index (χ1n) is 10.5. The van der Waals surface area contributed by atoms with E-state index in [4.69, 9.17) is 0 Å². The molecule has 29 heavy (non-hydrogen) atoms. The Hall–Kier alpha value is -2.66. The van der Waals surface area contributed by atoms with Crippen LogP contribution in [-0.2, 0) is 4.79 Å². The van der Waals surface area contributed by atoms with Crippen molar-refractivity contribution >= 4 is 11.8 Å². The molecule has 0 unspecified atom stereocenters. The molecule has 2 aliphatic heterocycles. The number of rotatable bonds is 5. The molecule has 2 amide bonds. The summed E-state index contributed by atoms with van der Waals surface area (Å²) in [6.07, 6.45) is 2.81. The van der Waals surface area contributed by atoms with Crippen molar-refractivity contribution in [2.45, 2.75) is 36.8 Å². The predicted octanol–water partition coefficient (Wildman–Crippen LogP) is 2.67. The van der Waals surface area contributed by atoms with Gasteiger partial charge < -0.3 is 14.9 Å². The molecule has 2 aromatic carbocycles. The molecular weight excluding hydrogens is 364 g/mol. The largest absolute Gasteiger partial charge is 0.394 e. The second kappa shape index (κ2) is 6.99. The molecular formula is C24H26N2O3. The lowest BCUT2D eigenvalue weighted by Crippen LogP contribution is -2.86. The maximum atomic E-state index is 13.1. The Morgan fingerprint density at radius 2 is 1.59 bits per heavy atom. The van der Waals surface area contributed by atoms with E-state index >= 15 is 0 Å². The molecule has 150 valence electrons. The number of aliphatic hydroxyl groups excluding tert-OH is 1. The van der Waals surface area contributed by atoms with Gasteiger partial charge >= 0.3 is 0 Å². The first kappa shape index (κ1) is 18.4. The van der Waals surface area contributed by atoms with E-state index in [2.05, 4.69) is 12.1 Å². The fourth-order valence-corrected chi connectivity index (χ4v) is 5.26. The van der Waals surface area contributed by atoms with Crippen LogP contribution in [-0.4, -0.2) is 58.0 Å². The van der Waals surface area contributed by atoms with Gasteiger partial charge in [0.2, 0.25) is 5.91 Å². The van der Waals surface area contributed by atoms with Gasteiger partial charge in [-0.25, -0.2) is 0 Å². The number of benzene rings is 2. The number of aliphatic hydroxyl groups is 1. The van der Waals surface area contributed by atoms with Crippen LogP contribution in [0.2, 0.25) is 0 Å². The first-order valence-corrected chi connectivity index (χ1v) is 10.5. The van der Waals surface area contributed by atoms with Gasteiger partial charge in [0, 0.05) is 31.0 Å². The summed E-state index contributed by atoms with van der Waals surface area (Å²) in [6, 6.07) is 19.2. The second-order valence-electron chi connectivity index (χ2n) is 8.68. The van der Waals surface area contributed by atoms with Crippen molar-refractivity contribution in [3.63, 3.8) is 0 Å². The van der Waals surface area contributed by atoms with Crippen molar-refractivity contribution in [2.75, 3.05) is 19.7 Å². The van der Waals surface area contributed by atoms with Crippen LogP contribution in [0.3, 0.4) is 0 Å². The van der Waals surface area contributed by atoms with Gasteiger partial charge in [0.25, 0.3) is 5.91 Å². The van der Waals surface area contributed by atoms with Crippen LogP contribution in [0.15, 0.2) is 60.7 Å². The van der Waals surface area contributed by atoms with Crippen LogP contribution in [0.4, 0.5) is 0 Å². The predicted molar refractivity (Wildman–Crippen MR) is 109 cm³/mol. The SMILES string of the molecule is O=C(c1ccccc1)N1CC2(C1)[C@H](c1ccccc1)[C@@H](CO)N2C(=O)CC1CC1. The maximum Gasteiger partial charge on any atom is 0.254 e. The fraction of sp³-hybridized carbons (Fsp3) is 0.417. The summed E-state index contributed by atoms with van der Waals surface area (Å²) in [5.74, 6) is 0.684. The fourth-order valence-electron chi connectivity index (χ4n) is 5.26. The zero-order valence-corrected chi connectivity index (χ0v) is 16.4.